The van der Waals surface area contributed by atoms with Gasteiger partial charge in [0.1, 0.15) is 0 Å². The maximum absolute atomic E-state index is 12.9. The van der Waals surface area contributed by atoms with Gasteiger partial charge in [0.2, 0.25) is 0 Å². The average Bonchev–Trinajstić information content (AvgIpc) is 2.22. The van der Waals surface area contributed by atoms with Crippen molar-refractivity contribution in [1.29, 1.82) is 0 Å². The highest BCUT2D eigenvalue weighted by Gasteiger charge is 2.18. The van der Waals surface area contributed by atoms with Gasteiger partial charge in [0.15, 0.2) is 5.82 Å². The lowest BCUT2D eigenvalue weighted by Gasteiger charge is -2.04. The number of aromatic amines is 1. The minimum Gasteiger partial charge on any atom is -0.469 e. The highest BCUT2D eigenvalue weighted by molar-refractivity contribution is 5.71. The van der Waals surface area contributed by atoms with Crippen LogP contribution >= 0.6 is 0 Å². The van der Waals surface area contributed by atoms with Crippen molar-refractivity contribution in [3.8, 4) is 0 Å². The molecule has 1 heterocycles. The standard InChI is InChI=1S/C9H8F3NO3/c1-16-6(14)3-4-2-5(8(11)12)7(10)9(15)13-4/h2,8H,3H2,1H3,(H,13,15). The van der Waals surface area contributed by atoms with E-state index < -0.39 is 35.8 Å². The predicted molar refractivity (Wildman–Crippen MR) is 47.7 cm³/mol. The molecule has 1 aromatic rings. The van der Waals surface area contributed by atoms with Crippen LogP contribution in [0.4, 0.5) is 13.2 Å². The molecule has 0 fully saturated rings. The first kappa shape index (κ1) is 12.3. The van der Waals surface area contributed by atoms with Crippen molar-refractivity contribution in [3.63, 3.8) is 0 Å². The van der Waals surface area contributed by atoms with Crippen LogP contribution in [-0.2, 0) is 16.0 Å². The van der Waals surface area contributed by atoms with E-state index in [1.165, 1.54) is 0 Å². The number of nitrogens with one attached hydrogen (secondary N) is 1. The van der Waals surface area contributed by atoms with E-state index in [1.807, 2.05) is 4.98 Å². The minimum atomic E-state index is -3.11. The molecular weight excluding hydrogens is 227 g/mol. The smallest absolute Gasteiger partial charge is 0.311 e. The molecule has 0 aliphatic heterocycles. The monoisotopic (exact) mass is 235 g/mol. The molecule has 0 amide bonds. The van der Waals surface area contributed by atoms with Crippen molar-refractivity contribution in [2.24, 2.45) is 0 Å². The van der Waals surface area contributed by atoms with Crippen LogP contribution in [0.3, 0.4) is 0 Å². The lowest BCUT2D eigenvalue weighted by atomic mass is 10.2. The zero-order valence-corrected chi connectivity index (χ0v) is 8.22. The second-order valence-electron chi connectivity index (χ2n) is 2.95. The normalized spacial score (nSPS) is 10.6. The van der Waals surface area contributed by atoms with E-state index in [4.69, 9.17) is 0 Å². The molecule has 0 radical (unpaired) electrons. The summed E-state index contributed by atoms with van der Waals surface area (Å²) in [6.45, 7) is 0. The largest absolute Gasteiger partial charge is 0.469 e. The van der Waals surface area contributed by atoms with Crippen molar-refractivity contribution >= 4 is 5.97 Å². The molecule has 4 nitrogen and oxygen atoms in total. The fraction of sp³-hybridized carbons (Fsp3) is 0.333. The number of methoxy groups -OCH3 is 1. The van der Waals surface area contributed by atoms with Gasteiger partial charge in [-0.05, 0) is 6.07 Å². The second-order valence-corrected chi connectivity index (χ2v) is 2.95. The third-order valence-corrected chi connectivity index (χ3v) is 1.85. The highest BCUT2D eigenvalue weighted by Crippen LogP contribution is 2.20. The summed E-state index contributed by atoms with van der Waals surface area (Å²) < 4.78 is 41.8. The van der Waals surface area contributed by atoms with Gasteiger partial charge in [-0.2, -0.15) is 0 Å². The zero-order valence-electron chi connectivity index (χ0n) is 8.22. The van der Waals surface area contributed by atoms with E-state index in [1.54, 1.807) is 0 Å². The lowest BCUT2D eigenvalue weighted by Crippen LogP contribution is -2.18. The number of halogens is 3. The van der Waals surface area contributed by atoms with Gasteiger partial charge in [0.25, 0.3) is 12.0 Å². The van der Waals surface area contributed by atoms with Crippen LogP contribution in [0.25, 0.3) is 0 Å². The molecule has 1 rings (SSSR count). The molecule has 7 heteroatoms. The number of alkyl halides is 2. The summed E-state index contributed by atoms with van der Waals surface area (Å²) in [6, 6.07) is 0.734. The molecule has 0 aliphatic rings. The Kier molecular flexibility index (Phi) is 3.70. The maximum Gasteiger partial charge on any atom is 0.311 e. The molecule has 0 aliphatic carbocycles. The summed E-state index contributed by atoms with van der Waals surface area (Å²) in [5, 5.41) is 0. The third-order valence-electron chi connectivity index (χ3n) is 1.85. The number of pyridine rings is 1. The zero-order chi connectivity index (χ0) is 12.3. The summed E-state index contributed by atoms with van der Waals surface area (Å²) >= 11 is 0. The molecule has 1 N–H and O–H groups in total. The Balaban J connectivity index is 3.14. The van der Waals surface area contributed by atoms with Crippen LogP contribution in [0.2, 0.25) is 0 Å². The molecule has 0 bridgehead atoms. The first-order valence-corrected chi connectivity index (χ1v) is 4.22. The second kappa shape index (κ2) is 4.82. The Morgan fingerprint density at radius 3 is 2.69 bits per heavy atom. The van der Waals surface area contributed by atoms with Gasteiger partial charge in [-0.25, -0.2) is 13.2 Å². The Morgan fingerprint density at radius 1 is 1.56 bits per heavy atom. The molecular formula is C9H8F3NO3. The first-order chi connectivity index (χ1) is 7.45. The molecule has 88 valence electrons. The number of hydrogen-bond donors (Lipinski definition) is 1. The number of rotatable bonds is 3. The van der Waals surface area contributed by atoms with Crippen molar-refractivity contribution in [3.05, 3.63) is 33.5 Å². The molecule has 0 saturated carbocycles. The average molecular weight is 235 g/mol. The van der Waals surface area contributed by atoms with Gasteiger partial charge in [-0.15, -0.1) is 0 Å². The van der Waals surface area contributed by atoms with Gasteiger partial charge in [-0.3, -0.25) is 9.59 Å². The third kappa shape index (κ3) is 2.62. The van der Waals surface area contributed by atoms with Crippen LogP contribution in [0.15, 0.2) is 10.9 Å². The Hall–Kier alpha value is -1.79. The molecule has 0 aromatic carbocycles. The van der Waals surface area contributed by atoms with Gasteiger partial charge in [0.05, 0.1) is 19.1 Å². The molecule has 0 saturated heterocycles. The lowest BCUT2D eigenvalue weighted by molar-refractivity contribution is -0.139. The summed E-state index contributed by atoms with van der Waals surface area (Å²) in [4.78, 5) is 23.7. The van der Waals surface area contributed by atoms with Crippen LogP contribution in [0.1, 0.15) is 17.7 Å². The molecule has 0 spiro atoms. The minimum absolute atomic E-state index is 0.117. The SMILES string of the molecule is COC(=O)Cc1cc(C(F)F)c(F)c(=O)[nH]1. The number of carbonyl (C=O) groups is 1. The van der Waals surface area contributed by atoms with Crippen molar-refractivity contribution in [2.45, 2.75) is 12.8 Å². The number of H-pyrrole nitrogens is 1. The Morgan fingerprint density at radius 2 is 2.19 bits per heavy atom. The summed E-state index contributed by atoms with van der Waals surface area (Å²) in [6.07, 6.45) is -3.51. The fourth-order valence-electron chi connectivity index (χ4n) is 1.10. The summed E-state index contributed by atoms with van der Waals surface area (Å²) in [5.74, 6) is -2.26. The summed E-state index contributed by atoms with van der Waals surface area (Å²) in [7, 11) is 1.11. The fourth-order valence-corrected chi connectivity index (χ4v) is 1.10. The number of aromatic nitrogens is 1. The van der Waals surface area contributed by atoms with E-state index in [0.717, 1.165) is 13.2 Å². The van der Waals surface area contributed by atoms with Gasteiger partial charge in [-0.1, -0.05) is 0 Å². The molecule has 0 unspecified atom stereocenters. The quantitative estimate of drug-likeness (QED) is 0.800. The molecule has 16 heavy (non-hydrogen) atoms. The predicted octanol–water partition coefficient (Wildman–Crippen LogP) is 1.17. The van der Waals surface area contributed by atoms with Gasteiger partial charge in [0, 0.05) is 5.69 Å². The van der Waals surface area contributed by atoms with Crippen LogP contribution in [0, 0.1) is 5.82 Å². The van der Waals surface area contributed by atoms with Crippen LogP contribution in [0.5, 0.6) is 0 Å². The summed E-state index contributed by atoms with van der Waals surface area (Å²) in [5.41, 5.74) is -2.42. The van der Waals surface area contributed by atoms with Gasteiger partial charge < -0.3 is 9.72 Å². The van der Waals surface area contributed by atoms with Crippen molar-refractivity contribution in [1.82, 2.24) is 4.98 Å². The number of ether oxygens (including phenoxy) is 1. The van der Waals surface area contributed by atoms with Crippen LogP contribution in [-0.4, -0.2) is 18.1 Å². The van der Waals surface area contributed by atoms with E-state index in [0.29, 0.717) is 0 Å². The van der Waals surface area contributed by atoms with E-state index >= 15 is 0 Å². The van der Waals surface area contributed by atoms with E-state index in [9.17, 15) is 22.8 Å². The van der Waals surface area contributed by atoms with E-state index in [-0.39, 0.29) is 5.69 Å². The van der Waals surface area contributed by atoms with Crippen LogP contribution < -0.4 is 5.56 Å². The van der Waals surface area contributed by atoms with E-state index in [2.05, 4.69) is 4.74 Å². The Labute approximate surface area is 88.0 Å². The number of esters is 1. The van der Waals surface area contributed by atoms with Crippen molar-refractivity contribution < 1.29 is 22.7 Å². The highest BCUT2D eigenvalue weighted by atomic mass is 19.3. The van der Waals surface area contributed by atoms with Gasteiger partial charge >= 0.3 is 5.97 Å². The van der Waals surface area contributed by atoms with Crippen molar-refractivity contribution in [2.75, 3.05) is 7.11 Å². The Bertz CT molecular complexity index is 456. The maximum atomic E-state index is 12.9. The number of carbonyl (C=O) groups excluding carboxylic acids is 1. The topological polar surface area (TPSA) is 59.2 Å². The first-order valence-electron chi connectivity index (χ1n) is 4.22. The molecule has 0 atom stereocenters. The number of hydrogen-bond acceptors (Lipinski definition) is 3. The molecule has 1 aromatic heterocycles.